The van der Waals surface area contributed by atoms with Crippen LogP contribution in [-0.4, -0.2) is 24.4 Å². The number of fused-ring (bicyclic) bond motifs is 1. The summed E-state index contributed by atoms with van der Waals surface area (Å²) in [5.41, 5.74) is 0. The van der Waals surface area contributed by atoms with E-state index in [4.69, 9.17) is 14.6 Å². The van der Waals surface area contributed by atoms with Crippen LogP contribution in [0.2, 0.25) is 0 Å². The Morgan fingerprint density at radius 3 is 3.00 bits per heavy atom. The summed E-state index contributed by atoms with van der Waals surface area (Å²) in [5, 5.41) is 12.6. The van der Waals surface area contributed by atoms with Gasteiger partial charge in [-0.15, -0.1) is 11.3 Å². The maximum atomic E-state index is 8.65. The van der Waals surface area contributed by atoms with Gasteiger partial charge in [0.15, 0.2) is 11.5 Å². The summed E-state index contributed by atoms with van der Waals surface area (Å²) in [4.78, 5) is 0. The van der Waals surface area contributed by atoms with Gasteiger partial charge >= 0.3 is 0 Å². The van der Waals surface area contributed by atoms with Crippen molar-refractivity contribution in [1.82, 2.24) is 0 Å². The molecular weight excluding hydrogens is 212 g/mol. The second-order valence-corrected chi connectivity index (χ2v) is 4.47. The molecule has 1 aromatic rings. The van der Waals surface area contributed by atoms with E-state index in [1.54, 1.807) is 11.3 Å². The van der Waals surface area contributed by atoms with E-state index in [1.807, 2.05) is 10.8 Å². The highest BCUT2D eigenvalue weighted by Crippen LogP contribution is 2.35. The second kappa shape index (κ2) is 5.37. The van der Waals surface area contributed by atoms with Crippen molar-refractivity contribution in [3.8, 4) is 11.5 Å². The van der Waals surface area contributed by atoms with Gasteiger partial charge in [-0.05, 0) is 19.3 Å². The van der Waals surface area contributed by atoms with Crippen LogP contribution in [0.3, 0.4) is 0 Å². The molecule has 0 saturated carbocycles. The fourth-order valence-electron chi connectivity index (χ4n) is 1.66. The van der Waals surface area contributed by atoms with Crippen molar-refractivity contribution in [2.75, 3.05) is 13.2 Å². The van der Waals surface area contributed by atoms with Gasteiger partial charge in [-0.1, -0.05) is 6.42 Å². The van der Waals surface area contributed by atoms with Crippen molar-refractivity contribution in [2.45, 2.75) is 31.8 Å². The summed E-state index contributed by atoms with van der Waals surface area (Å²) < 4.78 is 11.3. The van der Waals surface area contributed by atoms with Gasteiger partial charge in [-0.25, -0.2) is 0 Å². The Balaban J connectivity index is 1.73. The monoisotopic (exact) mass is 228 g/mol. The lowest BCUT2D eigenvalue weighted by Crippen LogP contribution is -2.28. The minimum absolute atomic E-state index is 0.186. The molecule has 0 aliphatic carbocycles. The lowest BCUT2D eigenvalue weighted by molar-refractivity contribution is 0.0838. The highest BCUT2D eigenvalue weighted by atomic mass is 32.1. The van der Waals surface area contributed by atoms with Gasteiger partial charge in [0.1, 0.15) is 12.7 Å². The van der Waals surface area contributed by atoms with E-state index >= 15 is 0 Å². The van der Waals surface area contributed by atoms with E-state index in [1.165, 1.54) is 0 Å². The van der Waals surface area contributed by atoms with Gasteiger partial charge in [0, 0.05) is 17.4 Å². The normalized spacial score (nSPS) is 19.1. The van der Waals surface area contributed by atoms with Crippen molar-refractivity contribution in [1.29, 1.82) is 0 Å². The van der Waals surface area contributed by atoms with Crippen molar-refractivity contribution in [3.63, 3.8) is 0 Å². The highest BCUT2D eigenvalue weighted by Gasteiger charge is 2.20. The molecule has 2 rings (SSSR count). The summed E-state index contributed by atoms with van der Waals surface area (Å²) in [5.74, 6) is 1.77. The summed E-state index contributed by atoms with van der Waals surface area (Å²) in [6.45, 7) is 0.944. The van der Waals surface area contributed by atoms with Crippen LogP contribution >= 0.6 is 11.3 Å². The standard InChI is InChI=1S/C11H16O3S/c12-5-3-1-2-4-9-6-13-10-7-15-8-11(10)14-9/h7-9,12H,1-6H2. The zero-order chi connectivity index (χ0) is 10.5. The summed E-state index contributed by atoms with van der Waals surface area (Å²) in [7, 11) is 0. The van der Waals surface area contributed by atoms with Crippen LogP contribution in [0.1, 0.15) is 25.7 Å². The van der Waals surface area contributed by atoms with E-state index < -0.39 is 0 Å². The third-order valence-electron chi connectivity index (χ3n) is 2.50. The quantitative estimate of drug-likeness (QED) is 0.787. The number of thiophene rings is 1. The van der Waals surface area contributed by atoms with Gasteiger partial charge in [-0.3, -0.25) is 0 Å². The topological polar surface area (TPSA) is 38.7 Å². The molecule has 1 aliphatic rings. The molecule has 0 bridgehead atoms. The molecule has 84 valence electrons. The first-order chi connectivity index (χ1) is 7.40. The Morgan fingerprint density at radius 1 is 1.27 bits per heavy atom. The largest absolute Gasteiger partial charge is 0.485 e. The van der Waals surface area contributed by atoms with Crippen LogP contribution in [0.4, 0.5) is 0 Å². The Hall–Kier alpha value is -0.740. The molecule has 1 aliphatic heterocycles. The molecule has 2 heterocycles. The summed E-state index contributed by atoms with van der Waals surface area (Å²) in [6.07, 6.45) is 4.24. The summed E-state index contributed by atoms with van der Waals surface area (Å²) >= 11 is 1.61. The number of rotatable bonds is 5. The zero-order valence-corrected chi connectivity index (χ0v) is 9.46. The fourth-order valence-corrected chi connectivity index (χ4v) is 2.34. The van der Waals surface area contributed by atoms with Gasteiger partial charge in [0.05, 0.1) is 0 Å². The molecule has 0 spiro atoms. The first kappa shape index (κ1) is 10.8. The minimum atomic E-state index is 0.186. The first-order valence-corrected chi connectivity index (χ1v) is 6.31. The van der Waals surface area contributed by atoms with Gasteiger partial charge < -0.3 is 14.6 Å². The number of aliphatic hydroxyl groups is 1. The molecule has 0 aromatic carbocycles. The second-order valence-electron chi connectivity index (χ2n) is 3.72. The average molecular weight is 228 g/mol. The molecule has 0 amide bonds. The predicted molar refractivity (Wildman–Crippen MR) is 59.8 cm³/mol. The van der Waals surface area contributed by atoms with Crippen molar-refractivity contribution in [2.24, 2.45) is 0 Å². The number of hydrogen-bond acceptors (Lipinski definition) is 4. The third-order valence-corrected chi connectivity index (χ3v) is 3.20. The maximum Gasteiger partial charge on any atom is 0.172 e. The molecule has 0 fully saturated rings. The van der Waals surface area contributed by atoms with Crippen LogP contribution < -0.4 is 9.47 Å². The molecule has 1 atom stereocenters. The van der Waals surface area contributed by atoms with Crippen LogP contribution in [-0.2, 0) is 0 Å². The molecule has 0 radical (unpaired) electrons. The van der Waals surface area contributed by atoms with Crippen molar-refractivity contribution >= 4 is 11.3 Å². The lowest BCUT2D eigenvalue weighted by atomic mass is 10.1. The smallest absolute Gasteiger partial charge is 0.172 e. The van der Waals surface area contributed by atoms with E-state index in [2.05, 4.69) is 0 Å². The summed E-state index contributed by atoms with van der Waals surface area (Å²) in [6, 6.07) is 0. The van der Waals surface area contributed by atoms with Gasteiger partial charge in [-0.2, -0.15) is 0 Å². The van der Waals surface area contributed by atoms with Crippen LogP contribution in [0, 0.1) is 0 Å². The van der Waals surface area contributed by atoms with E-state index in [9.17, 15) is 0 Å². The molecule has 1 unspecified atom stereocenters. The van der Waals surface area contributed by atoms with Crippen LogP contribution in [0.5, 0.6) is 11.5 Å². The van der Waals surface area contributed by atoms with Crippen LogP contribution in [0.15, 0.2) is 10.8 Å². The number of aliphatic hydroxyl groups excluding tert-OH is 1. The molecule has 0 saturated heterocycles. The van der Waals surface area contributed by atoms with Crippen molar-refractivity contribution in [3.05, 3.63) is 10.8 Å². The zero-order valence-electron chi connectivity index (χ0n) is 8.65. The van der Waals surface area contributed by atoms with Gasteiger partial charge in [0.25, 0.3) is 0 Å². The van der Waals surface area contributed by atoms with Crippen LogP contribution in [0.25, 0.3) is 0 Å². The lowest BCUT2D eigenvalue weighted by Gasteiger charge is -2.24. The molecule has 1 aromatic heterocycles. The molecular formula is C11H16O3S. The Labute approximate surface area is 93.6 Å². The third kappa shape index (κ3) is 2.86. The minimum Gasteiger partial charge on any atom is -0.485 e. The molecule has 4 heteroatoms. The number of hydrogen-bond donors (Lipinski definition) is 1. The first-order valence-electron chi connectivity index (χ1n) is 5.36. The van der Waals surface area contributed by atoms with Crippen molar-refractivity contribution < 1.29 is 14.6 Å². The molecule has 1 N–H and O–H groups in total. The SMILES string of the molecule is OCCCCCC1COc2cscc2O1. The molecule has 3 nitrogen and oxygen atoms in total. The van der Waals surface area contributed by atoms with Gasteiger partial charge in [0.2, 0.25) is 0 Å². The maximum absolute atomic E-state index is 8.65. The average Bonchev–Trinajstić information content (AvgIpc) is 2.71. The predicted octanol–water partition coefficient (Wildman–Crippen LogP) is 2.44. The van der Waals surface area contributed by atoms with E-state index in [0.717, 1.165) is 37.2 Å². The molecule has 15 heavy (non-hydrogen) atoms. The Morgan fingerprint density at radius 2 is 2.13 bits per heavy atom. The van der Waals surface area contributed by atoms with E-state index in [-0.39, 0.29) is 12.7 Å². The fraction of sp³-hybridized carbons (Fsp3) is 0.636. The number of ether oxygens (including phenoxy) is 2. The Bertz CT molecular complexity index is 298. The Kier molecular flexibility index (Phi) is 3.86. The number of unbranched alkanes of at least 4 members (excludes halogenated alkanes) is 2. The highest BCUT2D eigenvalue weighted by molar-refractivity contribution is 7.08. The van der Waals surface area contributed by atoms with E-state index in [0.29, 0.717) is 6.61 Å².